The number of rotatable bonds is 4. The highest BCUT2D eigenvalue weighted by Crippen LogP contribution is 2.33. The Balaban J connectivity index is 2.00. The van der Waals surface area contributed by atoms with Crippen molar-refractivity contribution in [2.75, 3.05) is 13.6 Å². The van der Waals surface area contributed by atoms with Crippen molar-refractivity contribution >= 4 is 0 Å². The number of benzene rings is 2. The molecule has 1 heterocycles. The van der Waals surface area contributed by atoms with Gasteiger partial charge in [0.25, 0.3) is 0 Å². The van der Waals surface area contributed by atoms with E-state index in [1.807, 2.05) is 0 Å². The van der Waals surface area contributed by atoms with Gasteiger partial charge in [0.1, 0.15) is 0 Å². The van der Waals surface area contributed by atoms with Crippen molar-refractivity contribution in [3.05, 3.63) is 71.8 Å². The Morgan fingerprint density at radius 1 is 0.950 bits per heavy atom. The van der Waals surface area contributed by atoms with E-state index in [0.29, 0.717) is 12.2 Å². The Kier molecular flexibility index (Phi) is 4.14. The summed E-state index contributed by atoms with van der Waals surface area (Å²) in [7, 11) is 2.07. The van der Waals surface area contributed by atoms with Gasteiger partial charge in [-0.2, -0.15) is 0 Å². The molecule has 1 unspecified atom stereocenters. The molecule has 0 amide bonds. The Labute approximate surface area is 121 Å². The normalized spacial score (nSPS) is 19.6. The van der Waals surface area contributed by atoms with E-state index in [9.17, 15) is 0 Å². The zero-order valence-corrected chi connectivity index (χ0v) is 12.0. The number of likely N-dealkylation sites (tertiary alicyclic amines) is 1. The highest BCUT2D eigenvalue weighted by Gasteiger charge is 2.31. The molecule has 0 spiro atoms. The maximum Gasteiger partial charge on any atom is 0.0615 e. The molecular weight excluding hydrogens is 244 g/mol. The fourth-order valence-corrected chi connectivity index (χ4v) is 3.25. The van der Waals surface area contributed by atoms with Crippen LogP contribution in [0.15, 0.2) is 60.7 Å². The summed E-state index contributed by atoms with van der Waals surface area (Å²) in [5, 5.41) is 3.46. The summed E-state index contributed by atoms with van der Waals surface area (Å²) in [6.45, 7) is 1.15. The van der Waals surface area contributed by atoms with Crippen LogP contribution < -0.4 is 5.32 Å². The molecule has 0 radical (unpaired) electrons. The van der Waals surface area contributed by atoms with Gasteiger partial charge in [-0.3, -0.25) is 4.90 Å². The maximum atomic E-state index is 3.46. The molecule has 2 nitrogen and oxygen atoms in total. The summed E-state index contributed by atoms with van der Waals surface area (Å²) >= 11 is 0. The van der Waals surface area contributed by atoms with Gasteiger partial charge < -0.3 is 5.32 Å². The maximum absolute atomic E-state index is 3.46. The average molecular weight is 266 g/mol. The molecule has 0 saturated carbocycles. The molecule has 104 valence electrons. The van der Waals surface area contributed by atoms with Gasteiger partial charge in [-0.25, -0.2) is 0 Å². The number of hydrogen-bond acceptors (Lipinski definition) is 2. The molecular formula is C18H22N2. The first-order valence-electron chi connectivity index (χ1n) is 7.43. The second kappa shape index (κ2) is 6.21. The molecule has 3 rings (SSSR count). The molecule has 0 aliphatic carbocycles. The standard InChI is InChI=1S/C18H22N2/c1-19-17-13-8-14-20(17)18(15-9-4-2-5-10-15)16-11-6-3-7-12-16/h2-7,9-12,17-19H,8,13-14H2,1H3. The first-order chi connectivity index (χ1) is 9.90. The molecule has 1 fully saturated rings. The van der Waals surface area contributed by atoms with Crippen LogP contribution in [0.5, 0.6) is 0 Å². The summed E-state index contributed by atoms with van der Waals surface area (Å²) in [6, 6.07) is 22.0. The molecule has 20 heavy (non-hydrogen) atoms. The lowest BCUT2D eigenvalue weighted by atomic mass is 9.97. The number of nitrogens with zero attached hydrogens (tertiary/aromatic N) is 1. The Hall–Kier alpha value is -1.64. The van der Waals surface area contributed by atoms with Crippen molar-refractivity contribution in [2.24, 2.45) is 0 Å². The highest BCUT2D eigenvalue weighted by atomic mass is 15.3. The fourth-order valence-electron chi connectivity index (χ4n) is 3.25. The van der Waals surface area contributed by atoms with Crippen LogP contribution in [0.4, 0.5) is 0 Å². The third kappa shape index (κ3) is 2.62. The third-order valence-electron chi connectivity index (χ3n) is 4.19. The minimum Gasteiger partial charge on any atom is -0.305 e. The number of hydrogen-bond donors (Lipinski definition) is 1. The van der Waals surface area contributed by atoms with Crippen LogP contribution in [0, 0.1) is 0 Å². The Morgan fingerprint density at radius 2 is 1.50 bits per heavy atom. The molecule has 2 aromatic rings. The predicted molar refractivity (Wildman–Crippen MR) is 83.5 cm³/mol. The van der Waals surface area contributed by atoms with Gasteiger partial charge in [0.2, 0.25) is 0 Å². The third-order valence-corrected chi connectivity index (χ3v) is 4.19. The summed E-state index contributed by atoms with van der Waals surface area (Å²) in [6.07, 6.45) is 2.97. The van der Waals surface area contributed by atoms with Gasteiger partial charge >= 0.3 is 0 Å². The zero-order chi connectivity index (χ0) is 13.8. The van der Waals surface area contributed by atoms with Crippen LogP contribution >= 0.6 is 0 Å². The highest BCUT2D eigenvalue weighted by molar-refractivity contribution is 5.32. The SMILES string of the molecule is CNC1CCCN1C(c1ccccc1)c1ccccc1. The monoisotopic (exact) mass is 266 g/mol. The van der Waals surface area contributed by atoms with Gasteiger partial charge in [0.15, 0.2) is 0 Å². The zero-order valence-electron chi connectivity index (χ0n) is 12.0. The molecule has 0 aromatic heterocycles. The van der Waals surface area contributed by atoms with E-state index in [4.69, 9.17) is 0 Å². The second-order valence-electron chi connectivity index (χ2n) is 5.41. The van der Waals surface area contributed by atoms with E-state index >= 15 is 0 Å². The van der Waals surface area contributed by atoms with Crippen molar-refractivity contribution in [1.82, 2.24) is 10.2 Å². The molecule has 0 bridgehead atoms. The van der Waals surface area contributed by atoms with E-state index in [1.54, 1.807) is 0 Å². The van der Waals surface area contributed by atoms with Crippen LogP contribution in [-0.4, -0.2) is 24.7 Å². The Morgan fingerprint density at radius 3 is 2.00 bits per heavy atom. The van der Waals surface area contributed by atoms with Crippen molar-refractivity contribution in [3.63, 3.8) is 0 Å². The molecule has 2 heteroatoms. The molecule has 2 aromatic carbocycles. The fraction of sp³-hybridized carbons (Fsp3) is 0.333. The first kappa shape index (κ1) is 13.3. The van der Waals surface area contributed by atoms with Crippen LogP contribution in [0.25, 0.3) is 0 Å². The van der Waals surface area contributed by atoms with Gasteiger partial charge in [-0.1, -0.05) is 60.7 Å². The number of nitrogens with one attached hydrogen (secondary N) is 1. The van der Waals surface area contributed by atoms with Crippen LogP contribution in [0.2, 0.25) is 0 Å². The van der Waals surface area contributed by atoms with Gasteiger partial charge in [-0.15, -0.1) is 0 Å². The van der Waals surface area contributed by atoms with Crippen LogP contribution in [0.1, 0.15) is 30.0 Å². The van der Waals surface area contributed by atoms with Crippen molar-refractivity contribution in [2.45, 2.75) is 25.0 Å². The van der Waals surface area contributed by atoms with Crippen molar-refractivity contribution in [3.8, 4) is 0 Å². The van der Waals surface area contributed by atoms with E-state index in [0.717, 1.165) is 6.54 Å². The molecule has 1 aliphatic rings. The summed E-state index contributed by atoms with van der Waals surface area (Å²) < 4.78 is 0. The second-order valence-corrected chi connectivity index (χ2v) is 5.41. The van der Waals surface area contributed by atoms with Crippen LogP contribution in [-0.2, 0) is 0 Å². The Bertz CT molecular complexity index is 484. The van der Waals surface area contributed by atoms with E-state index in [1.165, 1.54) is 24.0 Å². The summed E-state index contributed by atoms with van der Waals surface area (Å²) in [5.74, 6) is 0. The molecule has 1 atom stereocenters. The topological polar surface area (TPSA) is 15.3 Å². The lowest BCUT2D eigenvalue weighted by Gasteiger charge is -2.33. The van der Waals surface area contributed by atoms with E-state index in [2.05, 4.69) is 77.9 Å². The summed E-state index contributed by atoms with van der Waals surface area (Å²) in [4.78, 5) is 2.59. The quantitative estimate of drug-likeness (QED) is 0.912. The van der Waals surface area contributed by atoms with Crippen LogP contribution in [0.3, 0.4) is 0 Å². The van der Waals surface area contributed by atoms with Crippen molar-refractivity contribution < 1.29 is 0 Å². The average Bonchev–Trinajstić information content (AvgIpc) is 2.98. The minimum atomic E-state index is 0.345. The first-order valence-corrected chi connectivity index (χ1v) is 7.43. The van der Waals surface area contributed by atoms with Crippen molar-refractivity contribution in [1.29, 1.82) is 0 Å². The molecule has 1 saturated heterocycles. The van der Waals surface area contributed by atoms with E-state index in [-0.39, 0.29) is 0 Å². The van der Waals surface area contributed by atoms with Gasteiger partial charge in [-0.05, 0) is 31.0 Å². The van der Waals surface area contributed by atoms with Gasteiger partial charge in [0.05, 0.1) is 12.2 Å². The molecule has 1 N–H and O–H groups in total. The minimum absolute atomic E-state index is 0.345. The lowest BCUT2D eigenvalue weighted by molar-refractivity contribution is 0.185. The lowest BCUT2D eigenvalue weighted by Crippen LogP contribution is -2.41. The smallest absolute Gasteiger partial charge is 0.0615 e. The largest absolute Gasteiger partial charge is 0.305 e. The van der Waals surface area contributed by atoms with Gasteiger partial charge in [0, 0.05) is 6.54 Å². The predicted octanol–water partition coefficient (Wildman–Crippen LogP) is 3.42. The molecule has 1 aliphatic heterocycles. The summed E-state index contributed by atoms with van der Waals surface area (Å²) in [5.41, 5.74) is 2.75. The van der Waals surface area contributed by atoms with E-state index < -0.39 is 0 Å².